The summed E-state index contributed by atoms with van der Waals surface area (Å²) in [5.41, 5.74) is 2.86. The fourth-order valence-electron chi connectivity index (χ4n) is 2.29. The molecule has 0 saturated heterocycles. The molecule has 0 unspecified atom stereocenters. The van der Waals surface area contributed by atoms with E-state index >= 15 is 0 Å². The molecule has 0 amide bonds. The van der Waals surface area contributed by atoms with Gasteiger partial charge in [-0.05, 0) is 29.8 Å². The zero-order valence-electron chi connectivity index (χ0n) is 11.5. The van der Waals surface area contributed by atoms with Crippen molar-refractivity contribution in [3.05, 3.63) is 59.1 Å². The van der Waals surface area contributed by atoms with E-state index in [1.807, 2.05) is 42.5 Å². The molecule has 0 aliphatic carbocycles. The molecule has 0 bridgehead atoms. The van der Waals surface area contributed by atoms with Crippen LogP contribution in [0.2, 0.25) is 5.02 Å². The number of benzene rings is 2. The van der Waals surface area contributed by atoms with Crippen molar-refractivity contribution in [3.63, 3.8) is 0 Å². The zero-order valence-corrected chi connectivity index (χ0v) is 12.2. The van der Waals surface area contributed by atoms with Gasteiger partial charge in [0.05, 0.1) is 11.6 Å². The molecule has 0 aliphatic rings. The van der Waals surface area contributed by atoms with Gasteiger partial charge in [-0.3, -0.25) is 0 Å². The van der Waals surface area contributed by atoms with Crippen LogP contribution in [0, 0.1) is 0 Å². The molecule has 1 heterocycles. The topological polar surface area (TPSA) is 45.4 Å². The zero-order chi connectivity index (χ0) is 14.7. The highest BCUT2D eigenvalue weighted by Gasteiger charge is 2.09. The number of rotatable bonds is 5. The van der Waals surface area contributed by atoms with E-state index in [1.165, 1.54) is 0 Å². The summed E-state index contributed by atoms with van der Waals surface area (Å²) in [6.45, 7) is 1.43. The molecule has 0 spiro atoms. The SMILES string of the molecule is OCCNCc1ccc2cc(-c3ccccc3Cl)oc2c1. The van der Waals surface area contributed by atoms with Crippen molar-refractivity contribution in [2.24, 2.45) is 0 Å². The van der Waals surface area contributed by atoms with Crippen molar-refractivity contribution in [2.75, 3.05) is 13.2 Å². The summed E-state index contributed by atoms with van der Waals surface area (Å²) in [7, 11) is 0. The summed E-state index contributed by atoms with van der Waals surface area (Å²) >= 11 is 6.21. The number of aliphatic hydroxyl groups is 1. The van der Waals surface area contributed by atoms with Crippen LogP contribution in [0.15, 0.2) is 52.9 Å². The van der Waals surface area contributed by atoms with E-state index in [2.05, 4.69) is 11.4 Å². The molecule has 3 rings (SSSR count). The molecule has 1 aromatic heterocycles. The van der Waals surface area contributed by atoms with Crippen LogP contribution >= 0.6 is 11.6 Å². The van der Waals surface area contributed by atoms with Gasteiger partial charge in [-0.2, -0.15) is 0 Å². The van der Waals surface area contributed by atoms with Crippen molar-refractivity contribution in [2.45, 2.75) is 6.54 Å². The summed E-state index contributed by atoms with van der Waals surface area (Å²) in [6, 6.07) is 15.8. The molecule has 0 atom stereocenters. The molecule has 0 radical (unpaired) electrons. The average Bonchev–Trinajstić information content (AvgIpc) is 2.91. The minimum absolute atomic E-state index is 0.139. The lowest BCUT2D eigenvalue weighted by Gasteiger charge is -2.02. The van der Waals surface area contributed by atoms with E-state index in [0.717, 1.165) is 27.9 Å². The number of fused-ring (bicyclic) bond motifs is 1. The maximum absolute atomic E-state index is 8.78. The van der Waals surface area contributed by atoms with Gasteiger partial charge >= 0.3 is 0 Å². The van der Waals surface area contributed by atoms with Gasteiger partial charge in [0.15, 0.2) is 0 Å². The highest BCUT2D eigenvalue weighted by molar-refractivity contribution is 6.33. The van der Waals surface area contributed by atoms with Crippen molar-refractivity contribution >= 4 is 22.6 Å². The Bertz CT molecular complexity index is 751. The Kier molecular flexibility index (Phi) is 4.25. The first-order valence-corrected chi connectivity index (χ1v) is 7.24. The van der Waals surface area contributed by atoms with Gasteiger partial charge in [0.1, 0.15) is 11.3 Å². The van der Waals surface area contributed by atoms with Gasteiger partial charge in [0.25, 0.3) is 0 Å². The molecule has 21 heavy (non-hydrogen) atoms. The lowest BCUT2D eigenvalue weighted by atomic mass is 10.1. The summed E-state index contributed by atoms with van der Waals surface area (Å²) in [6.07, 6.45) is 0. The first kappa shape index (κ1) is 14.1. The smallest absolute Gasteiger partial charge is 0.136 e. The van der Waals surface area contributed by atoms with Crippen molar-refractivity contribution in [3.8, 4) is 11.3 Å². The summed E-state index contributed by atoms with van der Waals surface area (Å²) in [5, 5.41) is 13.7. The first-order valence-electron chi connectivity index (χ1n) is 6.87. The van der Waals surface area contributed by atoms with E-state index in [4.69, 9.17) is 21.1 Å². The standard InChI is InChI=1S/C17H16ClNO2/c18-15-4-2-1-3-14(15)17-10-13-6-5-12(9-16(13)21-17)11-19-7-8-20/h1-6,9-10,19-20H,7-8,11H2. The fourth-order valence-corrected chi connectivity index (χ4v) is 2.52. The van der Waals surface area contributed by atoms with Crippen LogP contribution in [0.3, 0.4) is 0 Å². The molecule has 108 valence electrons. The first-order chi connectivity index (χ1) is 10.3. The summed E-state index contributed by atoms with van der Waals surface area (Å²) in [5.74, 6) is 0.774. The van der Waals surface area contributed by atoms with E-state index in [9.17, 15) is 0 Å². The Hall–Kier alpha value is -1.81. The molecule has 0 aliphatic heterocycles. The number of hydrogen-bond donors (Lipinski definition) is 2. The van der Waals surface area contributed by atoms with Crippen molar-refractivity contribution < 1.29 is 9.52 Å². The highest BCUT2D eigenvalue weighted by Crippen LogP contribution is 2.32. The molecule has 0 saturated carbocycles. The third kappa shape index (κ3) is 3.10. The maximum Gasteiger partial charge on any atom is 0.136 e. The van der Waals surface area contributed by atoms with Gasteiger partial charge in [0.2, 0.25) is 0 Å². The number of halogens is 1. The van der Waals surface area contributed by atoms with Crippen LogP contribution < -0.4 is 5.32 Å². The second kappa shape index (κ2) is 6.31. The van der Waals surface area contributed by atoms with Crippen LogP contribution in [-0.2, 0) is 6.54 Å². The Balaban J connectivity index is 1.91. The summed E-state index contributed by atoms with van der Waals surface area (Å²) < 4.78 is 5.92. The van der Waals surface area contributed by atoms with Crippen LogP contribution in [0.25, 0.3) is 22.3 Å². The van der Waals surface area contributed by atoms with Gasteiger partial charge in [-0.15, -0.1) is 0 Å². The Labute approximate surface area is 128 Å². The lowest BCUT2D eigenvalue weighted by molar-refractivity contribution is 0.292. The molecule has 2 N–H and O–H groups in total. The molecule has 0 fully saturated rings. The minimum Gasteiger partial charge on any atom is -0.456 e. The number of hydrogen-bond acceptors (Lipinski definition) is 3. The van der Waals surface area contributed by atoms with E-state index in [1.54, 1.807) is 0 Å². The predicted octanol–water partition coefficient (Wildman–Crippen LogP) is 3.84. The molecule has 2 aromatic carbocycles. The number of furan rings is 1. The van der Waals surface area contributed by atoms with Crippen LogP contribution in [0.5, 0.6) is 0 Å². The number of aliphatic hydroxyl groups excluding tert-OH is 1. The third-order valence-corrected chi connectivity index (χ3v) is 3.67. The van der Waals surface area contributed by atoms with Gasteiger partial charge < -0.3 is 14.8 Å². The Morgan fingerprint density at radius 1 is 1.10 bits per heavy atom. The quantitative estimate of drug-likeness (QED) is 0.704. The lowest BCUT2D eigenvalue weighted by Crippen LogP contribution is -2.17. The second-order valence-electron chi connectivity index (χ2n) is 4.86. The van der Waals surface area contributed by atoms with Gasteiger partial charge in [-0.25, -0.2) is 0 Å². The van der Waals surface area contributed by atoms with Crippen LogP contribution in [0.4, 0.5) is 0 Å². The minimum atomic E-state index is 0.139. The molecule has 3 nitrogen and oxygen atoms in total. The third-order valence-electron chi connectivity index (χ3n) is 3.34. The highest BCUT2D eigenvalue weighted by atomic mass is 35.5. The average molecular weight is 302 g/mol. The van der Waals surface area contributed by atoms with E-state index in [0.29, 0.717) is 18.1 Å². The van der Waals surface area contributed by atoms with Crippen LogP contribution in [-0.4, -0.2) is 18.3 Å². The van der Waals surface area contributed by atoms with E-state index < -0.39 is 0 Å². The molecular weight excluding hydrogens is 286 g/mol. The monoisotopic (exact) mass is 301 g/mol. The Morgan fingerprint density at radius 2 is 1.95 bits per heavy atom. The molecule has 3 aromatic rings. The van der Waals surface area contributed by atoms with E-state index in [-0.39, 0.29) is 6.61 Å². The predicted molar refractivity (Wildman–Crippen MR) is 85.5 cm³/mol. The van der Waals surface area contributed by atoms with Crippen molar-refractivity contribution in [1.29, 1.82) is 0 Å². The largest absolute Gasteiger partial charge is 0.456 e. The Morgan fingerprint density at radius 3 is 2.76 bits per heavy atom. The summed E-state index contributed by atoms with van der Waals surface area (Å²) in [4.78, 5) is 0. The normalized spacial score (nSPS) is 11.1. The fraction of sp³-hybridized carbons (Fsp3) is 0.176. The van der Waals surface area contributed by atoms with Crippen LogP contribution in [0.1, 0.15) is 5.56 Å². The number of nitrogens with one attached hydrogen (secondary N) is 1. The maximum atomic E-state index is 8.78. The van der Waals surface area contributed by atoms with Gasteiger partial charge in [-0.1, -0.05) is 35.9 Å². The molecular formula is C17H16ClNO2. The second-order valence-corrected chi connectivity index (χ2v) is 5.27. The van der Waals surface area contributed by atoms with Crippen molar-refractivity contribution in [1.82, 2.24) is 5.32 Å². The molecule has 4 heteroatoms. The van der Waals surface area contributed by atoms with Gasteiger partial charge in [0, 0.05) is 24.0 Å².